The maximum absolute atomic E-state index is 12.9. The van der Waals surface area contributed by atoms with Gasteiger partial charge in [-0.25, -0.2) is 4.79 Å². The number of para-hydroxylation sites is 1. The smallest absolute Gasteiger partial charge is 0.416 e. The van der Waals surface area contributed by atoms with E-state index in [-0.39, 0.29) is 18.9 Å². The Morgan fingerprint density at radius 3 is 2.51 bits per heavy atom. The number of carbonyl (C=O) groups is 1. The molecule has 0 aliphatic carbocycles. The molecule has 0 radical (unpaired) electrons. The third kappa shape index (κ3) is 6.76. The van der Waals surface area contributed by atoms with Gasteiger partial charge in [-0.2, -0.15) is 18.0 Å². The van der Waals surface area contributed by atoms with Crippen LogP contribution in [0.4, 0.5) is 29.3 Å². The van der Waals surface area contributed by atoms with Crippen LogP contribution < -0.4 is 5.32 Å². The van der Waals surface area contributed by atoms with Crippen molar-refractivity contribution in [2.24, 2.45) is 0 Å². The predicted molar refractivity (Wildman–Crippen MR) is 130 cm³/mol. The van der Waals surface area contributed by atoms with Crippen molar-refractivity contribution in [2.45, 2.75) is 57.5 Å². The number of amides is 1. The number of halogens is 3. The molecule has 12 heteroatoms. The highest BCUT2D eigenvalue weighted by Crippen LogP contribution is 2.32. The average molecular weight is 519 g/mol. The van der Waals surface area contributed by atoms with Gasteiger partial charge in [-0.05, 0) is 75.2 Å². The van der Waals surface area contributed by atoms with E-state index < -0.39 is 29.0 Å². The zero-order valence-electron chi connectivity index (χ0n) is 20.8. The van der Waals surface area contributed by atoms with Gasteiger partial charge >= 0.3 is 12.3 Å². The van der Waals surface area contributed by atoms with E-state index in [9.17, 15) is 23.1 Å². The molecule has 0 spiro atoms. The van der Waals surface area contributed by atoms with Crippen molar-refractivity contribution in [3.05, 3.63) is 54.1 Å². The van der Waals surface area contributed by atoms with Crippen LogP contribution in [0, 0.1) is 0 Å². The first-order valence-corrected chi connectivity index (χ1v) is 11.8. The Hall–Kier alpha value is -3.67. The summed E-state index contributed by atoms with van der Waals surface area (Å²) < 4.78 is 44.0. The summed E-state index contributed by atoms with van der Waals surface area (Å²) in [6, 6.07) is 11.8. The molecule has 0 bridgehead atoms. The van der Waals surface area contributed by atoms with Crippen LogP contribution in [-0.4, -0.2) is 60.6 Å². The van der Waals surface area contributed by atoms with Crippen LogP contribution in [0.5, 0.6) is 0 Å². The minimum atomic E-state index is -4.41. The second kappa shape index (κ2) is 10.0. The number of β-amino-alcohol motifs (C(OH)–C–C–N with tert-alkyl or cyclic N) is 1. The Labute approximate surface area is 212 Å². The lowest BCUT2D eigenvalue weighted by Gasteiger charge is -2.39. The molecule has 1 amide bonds. The number of rotatable bonds is 5. The Kier molecular flexibility index (Phi) is 7.13. The standard InChI is InChI=1S/C25H29F3N6O3/c1-23(2,3)37-22(35)33-14-6-13-24(36,15-33)16-34-31-21(30-32-34)19-7-4-5-8-20(19)29-18-11-9-17(10-12-18)25(26,27)28/h4-5,7-12,29,36H,6,13-16H2,1-3H3/t24-/m0/s1. The molecule has 4 rings (SSSR count). The third-order valence-corrected chi connectivity index (χ3v) is 5.75. The number of nitrogens with one attached hydrogen (secondary N) is 1. The van der Waals surface area contributed by atoms with Crippen LogP contribution in [0.1, 0.15) is 39.2 Å². The number of tetrazole rings is 1. The van der Waals surface area contributed by atoms with Crippen molar-refractivity contribution in [3.63, 3.8) is 0 Å². The number of aliphatic hydroxyl groups is 1. The fourth-order valence-corrected chi connectivity index (χ4v) is 4.09. The van der Waals surface area contributed by atoms with E-state index in [0.29, 0.717) is 36.3 Å². The van der Waals surface area contributed by atoms with Crippen LogP contribution in [0.2, 0.25) is 0 Å². The van der Waals surface area contributed by atoms with Crippen LogP contribution in [-0.2, 0) is 17.5 Å². The molecule has 1 aliphatic heterocycles. The molecule has 3 aromatic rings. The number of carbonyl (C=O) groups excluding carboxylic acids is 1. The molecule has 1 aliphatic rings. The largest absolute Gasteiger partial charge is 0.444 e. The number of likely N-dealkylation sites (tertiary alicyclic amines) is 1. The Balaban J connectivity index is 1.47. The molecule has 2 aromatic carbocycles. The van der Waals surface area contributed by atoms with E-state index in [1.807, 2.05) is 0 Å². The number of hydrogen-bond donors (Lipinski definition) is 2. The van der Waals surface area contributed by atoms with Gasteiger partial charge in [-0.15, -0.1) is 10.2 Å². The summed E-state index contributed by atoms with van der Waals surface area (Å²) in [5, 5.41) is 26.9. The molecule has 9 nitrogen and oxygen atoms in total. The third-order valence-electron chi connectivity index (χ3n) is 5.75. The molecule has 37 heavy (non-hydrogen) atoms. The number of aromatic nitrogens is 4. The van der Waals surface area contributed by atoms with Crippen LogP contribution in [0.15, 0.2) is 48.5 Å². The van der Waals surface area contributed by atoms with Crippen molar-refractivity contribution in [3.8, 4) is 11.4 Å². The number of ether oxygens (including phenoxy) is 1. The monoisotopic (exact) mass is 518 g/mol. The number of alkyl halides is 3. The lowest BCUT2D eigenvalue weighted by molar-refractivity contribution is -0.137. The highest BCUT2D eigenvalue weighted by molar-refractivity contribution is 5.77. The first-order chi connectivity index (χ1) is 17.3. The van der Waals surface area contributed by atoms with Crippen LogP contribution in [0.3, 0.4) is 0 Å². The Morgan fingerprint density at radius 1 is 1.14 bits per heavy atom. The van der Waals surface area contributed by atoms with Crippen molar-refractivity contribution in [1.29, 1.82) is 0 Å². The van der Waals surface area contributed by atoms with Crippen LogP contribution in [0.25, 0.3) is 11.4 Å². The summed E-state index contributed by atoms with van der Waals surface area (Å²) in [5.74, 6) is 0.276. The fourth-order valence-electron chi connectivity index (χ4n) is 4.09. The lowest BCUT2D eigenvalue weighted by Crippen LogP contribution is -2.53. The second-order valence-corrected chi connectivity index (χ2v) is 10.1. The molecule has 2 N–H and O–H groups in total. The Bertz CT molecular complexity index is 1240. The van der Waals surface area contributed by atoms with Crippen molar-refractivity contribution in [1.82, 2.24) is 25.1 Å². The summed E-state index contributed by atoms with van der Waals surface area (Å²) in [5.41, 5.74) is -1.01. The zero-order valence-corrected chi connectivity index (χ0v) is 20.8. The normalized spacial score (nSPS) is 18.5. The average Bonchev–Trinajstić information content (AvgIpc) is 3.25. The van der Waals surface area contributed by atoms with Crippen molar-refractivity contribution < 1.29 is 27.8 Å². The predicted octanol–water partition coefficient (Wildman–Crippen LogP) is 4.86. The summed E-state index contributed by atoms with van der Waals surface area (Å²) in [6.45, 7) is 5.93. The minimum Gasteiger partial charge on any atom is -0.444 e. The molecular formula is C25H29F3N6O3. The summed E-state index contributed by atoms with van der Waals surface area (Å²) in [6.07, 6.45) is -3.85. The number of hydrogen-bond acceptors (Lipinski definition) is 7. The first-order valence-electron chi connectivity index (χ1n) is 11.8. The van der Waals surface area contributed by atoms with Crippen molar-refractivity contribution >= 4 is 17.5 Å². The molecule has 1 atom stereocenters. The first kappa shape index (κ1) is 26.4. The molecule has 1 aromatic heterocycles. The van der Waals surface area contributed by atoms with Gasteiger partial charge < -0.3 is 20.1 Å². The van der Waals surface area contributed by atoms with Gasteiger partial charge in [0.15, 0.2) is 0 Å². The topological polar surface area (TPSA) is 105 Å². The second-order valence-electron chi connectivity index (χ2n) is 10.1. The number of benzene rings is 2. The maximum Gasteiger partial charge on any atom is 0.416 e. The summed E-state index contributed by atoms with van der Waals surface area (Å²) in [4.78, 5) is 15.2. The van der Waals surface area contributed by atoms with E-state index >= 15 is 0 Å². The van der Waals surface area contributed by atoms with Gasteiger partial charge in [-0.3, -0.25) is 0 Å². The van der Waals surface area contributed by atoms with Gasteiger partial charge in [0.1, 0.15) is 11.2 Å². The summed E-state index contributed by atoms with van der Waals surface area (Å²) in [7, 11) is 0. The molecule has 0 unspecified atom stereocenters. The van der Waals surface area contributed by atoms with E-state index in [1.165, 1.54) is 21.8 Å². The number of piperidine rings is 1. The minimum absolute atomic E-state index is 0.0216. The highest BCUT2D eigenvalue weighted by Gasteiger charge is 2.38. The molecule has 1 saturated heterocycles. The van der Waals surface area contributed by atoms with Gasteiger partial charge in [0.25, 0.3) is 0 Å². The van der Waals surface area contributed by atoms with E-state index in [4.69, 9.17) is 4.74 Å². The summed E-state index contributed by atoms with van der Waals surface area (Å²) >= 11 is 0. The lowest BCUT2D eigenvalue weighted by atomic mass is 9.93. The van der Waals surface area contributed by atoms with Gasteiger partial charge in [0.2, 0.25) is 5.82 Å². The molecular weight excluding hydrogens is 489 g/mol. The van der Waals surface area contributed by atoms with E-state index in [0.717, 1.165) is 12.1 Å². The fraction of sp³-hybridized carbons (Fsp3) is 0.440. The Morgan fingerprint density at radius 2 is 1.84 bits per heavy atom. The van der Waals surface area contributed by atoms with Gasteiger partial charge in [-0.1, -0.05) is 12.1 Å². The molecule has 198 valence electrons. The van der Waals surface area contributed by atoms with Gasteiger partial charge in [0.05, 0.1) is 18.7 Å². The quantitative estimate of drug-likeness (QED) is 0.497. The molecule has 0 saturated carbocycles. The zero-order chi connectivity index (χ0) is 26.8. The SMILES string of the molecule is CC(C)(C)OC(=O)N1CCC[C@@](O)(Cn2nnc(-c3ccccc3Nc3ccc(C(F)(F)F)cc3)n2)C1. The van der Waals surface area contributed by atoms with Gasteiger partial charge in [0, 0.05) is 23.5 Å². The molecule has 1 fully saturated rings. The van der Waals surface area contributed by atoms with Crippen LogP contribution >= 0.6 is 0 Å². The highest BCUT2D eigenvalue weighted by atomic mass is 19.4. The number of anilines is 2. The van der Waals surface area contributed by atoms with E-state index in [1.54, 1.807) is 45.0 Å². The van der Waals surface area contributed by atoms with Crippen molar-refractivity contribution in [2.75, 3.05) is 18.4 Å². The van der Waals surface area contributed by atoms with E-state index in [2.05, 4.69) is 20.7 Å². The number of nitrogens with zero attached hydrogens (tertiary/aromatic N) is 5. The molecule has 2 heterocycles. The maximum atomic E-state index is 12.9.